The number of ether oxygens (including phenoxy) is 2. The van der Waals surface area contributed by atoms with Gasteiger partial charge in [-0.2, -0.15) is 0 Å². The third-order valence-corrected chi connectivity index (χ3v) is 7.96. The van der Waals surface area contributed by atoms with Gasteiger partial charge in [-0.3, -0.25) is 4.79 Å². The zero-order valence-corrected chi connectivity index (χ0v) is 20.0. The minimum Gasteiger partial charge on any atom is -0.508 e. The maximum Gasteiger partial charge on any atom is 0.266 e. The molecule has 2 atom stereocenters. The van der Waals surface area contributed by atoms with Gasteiger partial charge in [-0.15, -0.1) is 5.10 Å². The van der Waals surface area contributed by atoms with E-state index < -0.39 is 27.1 Å². The highest BCUT2D eigenvalue weighted by molar-refractivity contribution is 7.91. The molecule has 0 aliphatic carbocycles. The molecule has 0 spiro atoms. The van der Waals surface area contributed by atoms with Crippen LogP contribution in [0.3, 0.4) is 0 Å². The Morgan fingerprint density at radius 3 is 2.35 bits per heavy atom. The lowest BCUT2D eigenvalue weighted by molar-refractivity contribution is -0.175. The standard InChI is InChI=1S/C24H26N2O7S/c1-5-26-21(28)13-12-20(25-26)32-22-18-14-17(34(30,31)16-8-6-15(27)7-9-16)10-11-19(18)33-23(2,3)24(22,4)29/h6-14,22,27,29H,5H2,1-4H3/t22-,24+/m1/s1. The number of rotatable bonds is 5. The maximum absolute atomic E-state index is 13.2. The second-order valence-electron chi connectivity index (χ2n) is 8.78. The second kappa shape index (κ2) is 8.14. The lowest BCUT2D eigenvalue weighted by Crippen LogP contribution is -2.59. The highest BCUT2D eigenvalue weighted by Gasteiger charge is 2.54. The molecule has 1 aromatic heterocycles. The van der Waals surface area contributed by atoms with Crippen LogP contribution >= 0.6 is 0 Å². The van der Waals surface area contributed by atoms with Crippen LogP contribution in [0.25, 0.3) is 0 Å². The van der Waals surface area contributed by atoms with Gasteiger partial charge >= 0.3 is 0 Å². The normalized spacial score (nSPS) is 21.4. The zero-order chi connectivity index (χ0) is 24.9. The van der Waals surface area contributed by atoms with Gasteiger partial charge in [0, 0.05) is 24.2 Å². The summed E-state index contributed by atoms with van der Waals surface area (Å²) in [4.78, 5) is 11.9. The molecule has 34 heavy (non-hydrogen) atoms. The molecule has 10 heteroatoms. The van der Waals surface area contributed by atoms with Crippen LogP contribution in [0.4, 0.5) is 0 Å². The molecule has 2 N–H and O–H groups in total. The van der Waals surface area contributed by atoms with E-state index in [1.807, 2.05) is 0 Å². The van der Waals surface area contributed by atoms with E-state index in [1.165, 1.54) is 66.2 Å². The van der Waals surface area contributed by atoms with Crippen LogP contribution in [0.2, 0.25) is 0 Å². The zero-order valence-electron chi connectivity index (χ0n) is 19.2. The molecule has 180 valence electrons. The Labute approximate surface area is 197 Å². The Hall–Kier alpha value is -3.37. The predicted octanol–water partition coefficient (Wildman–Crippen LogP) is 2.84. The topological polar surface area (TPSA) is 128 Å². The van der Waals surface area contributed by atoms with Gasteiger partial charge in [-0.25, -0.2) is 13.1 Å². The third-order valence-electron chi connectivity index (χ3n) is 6.20. The lowest BCUT2D eigenvalue weighted by Gasteiger charge is -2.48. The van der Waals surface area contributed by atoms with Crippen molar-refractivity contribution in [2.45, 2.75) is 61.3 Å². The Kier molecular flexibility index (Phi) is 5.69. The van der Waals surface area contributed by atoms with E-state index in [0.717, 1.165) is 0 Å². The Morgan fingerprint density at radius 1 is 1.06 bits per heavy atom. The van der Waals surface area contributed by atoms with Gasteiger partial charge in [-0.05, 0) is 70.2 Å². The monoisotopic (exact) mass is 486 g/mol. The Balaban J connectivity index is 1.84. The van der Waals surface area contributed by atoms with Crippen LogP contribution in [0.1, 0.15) is 39.4 Å². The fraction of sp³-hybridized carbons (Fsp3) is 0.333. The van der Waals surface area contributed by atoms with Gasteiger partial charge in [0.25, 0.3) is 5.56 Å². The van der Waals surface area contributed by atoms with Crippen molar-refractivity contribution < 1.29 is 28.1 Å². The molecule has 4 rings (SSSR count). The SMILES string of the molecule is CCn1nc(O[C@@H]2c3cc(S(=O)(=O)c4ccc(O)cc4)ccc3OC(C)(C)[C@@]2(C)O)ccc1=O. The van der Waals surface area contributed by atoms with Crippen LogP contribution in [-0.4, -0.2) is 39.6 Å². The number of benzene rings is 2. The van der Waals surface area contributed by atoms with Crippen LogP contribution < -0.4 is 15.0 Å². The number of aromatic hydroxyl groups is 1. The molecule has 3 aromatic rings. The van der Waals surface area contributed by atoms with Crippen molar-refractivity contribution in [1.82, 2.24) is 9.78 Å². The van der Waals surface area contributed by atoms with Crippen LogP contribution in [0, 0.1) is 0 Å². The van der Waals surface area contributed by atoms with Gasteiger partial charge in [0.15, 0.2) is 6.10 Å². The molecule has 0 saturated carbocycles. The number of hydrogen-bond donors (Lipinski definition) is 2. The summed E-state index contributed by atoms with van der Waals surface area (Å²) in [5.74, 6) is 0.405. The molecule has 0 radical (unpaired) electrons. The smallest absolute Gasteiger partial charge is 0.266 e. The van der Waals surface area contributed by atoms with Crippen molar-refractivity contribution in [3.63, 3.8) is 0 Å². The fourth-order valence-corrected chi connectivity index (χ4v) is 5.06. The number of hydrogen-bond acceptors (Lipinski definition) is 8. The largest absolute Gasteiger partial charge is 0.508 e. The summed E-state index contributed by atoms with van der Waals surface area (Å²) in [6, 6.07) is 12.3. The third kappa shape index (κ3) is 3.92. The first-order valence-corrected chi connectivity index (χ1v) is 12.2. The van der Waals surface area contributed by atoms with E-state index in [-0.39, 0.29) is 27.0 Å². The van der Waals surface area contributed by atoms with Crippen LogP contribution in [0.5, 0.6) is 17.4 Å². The second-order valence-corrected chi connectivity index (χ2v) is 10.7. The summed E-state index contributed by atoms with van der Waals surface area (Å²) < 4.78 is 39.8. The average molecular weight is 487 g/mol. The van der Waals surface area contributed by atoms with Gasteiger partial charge < -0.3 is 19.7 Å². The number of sulfone groups is 1. The molecule has 2 aromatic carbocycles. The molecule has 0 unspecified atom stereocenters. The van der Waals surface area contributed by atoms with E-state index in [9.17, 15) is 23.4 Å². The molecule has 0 amide bonds. The quantitative estimate of drug-likeness (QED) is 0.564. The van der Waals surface area contributed by atoms with Crippen molar-refractivity contribution in [1.29, 1.82) is 0 Å². The van der Waals surface area contributed by atoms with E-state index in [1.54, 1.807) is 20.8 Å². The number of fused-ring (bicyclic) bond motifs is 1. The van der Waals surface area contributed by atoms with Crippen molar-refractivity contribution in [3.05, 3.63) is 70.5 Å². The van der Waals surface area contributed by atoms with E-state index >= 15 is 0 Å². The van der Waals surface area contributed by atoms with Gasteiger partial charge in [-0.1, -0.05) is 0 Å². The summed E-state index contributed by atoms with van der Waals surface area (Å²) in [6.07, 6.45) is -1.06. The van der Waals surface area contributed by atoms with Gasteiger partial charge in [0.2, 0.25) is 15.7 Å². The summed E-state index contributed by atoms with van der Waals surface area (Å²) in [5, 5.41) is 25.2. The molecule has 1 aliphatic rings. The number of phenols is 1. The van der Waals surface area contributed by atoms with Crippen molar-refractivity contribution in [3.8, 4) is 17.4 Å². The molecule has 9 nitrogen and oxygen atoms in total. The number of phenolic OH excluding ortho intramolecular Hbond substituents is 1. The van der Waals surface area contributed by atoms with Gasteiger partial charge in [0.05, 0.1) is 9.79 Å². The molecule has 0 fully saturated rings. The summed E-state index contributed by atoms with van der Waals surface area (Å²) in [5.41, 5.74) is -2.67. The van der Waals surface area contributed by atoms with E-state index in [0.29, 0.717) is 17.9 Å². The molecule has 2 heterocycles. The first-order chi connectivity index (χ1) is 15.9. The highest BCUT2D eigenvalue weighted by Crippen LogP contribution is 2.48. The summed E-state index contributed by atoms with van der Waals surface area (Å²) in [6.45, 7) is 7.04. The summed E-state index contributed by atoms with van der Waals surface area (Å²) >= 11 is 0. The molecule has 0 bridgehead atoms. The first kappa shape index (κ1) is 23.8. The molecular formula is C24H26N2O7S. The minimum absolute atomic E-state index is 0.00299. The molecule has 0 saturated heterocycles. The predicted molar refractivity (Wildman–Crippen MR) is 123 cm³/mol. The maximum atomic E-state index is 13.2. The summed E-state index contributed by atoms with van der Waals surface area (Å²) in [7, 11) is -3.93. The average Bonchev–Trinajstić information content (AvgIpc) is 2.78. The minimum atomic E-state index is -3.93. The Bertz CT molecular complexity index is 1390. The van der Waals surface area contributed by atoms with Crippen molar-refractivity contribution in [2.75, 3.05) is 0 Å². The number of aryl methyl sites for hydroxylation is 1. The van der Waals surface area contributed by atoms with Crippen molar-refractivity contribution >= 4 is 9.84 Å². The van der Waals surface area contributed by atoms with Crippen LogP contribution in [-0.2, 0) is 16.4 Å². The number of aliphatic hydroxyl groups is 1. The van der Waals surface area contributed by atoms with Gasteiger partial charge in [0.1, 0.15) is 22.7 Å². The first-order valence-electron chi connectivity index (χ1n) is 10.7. The molecular weight excluding hydrogens is 460 g/mol. The van der Waals surface area contributed by atoms with Crippen molar-refractivity contribution in [2.24, 2.45) is 0 Å². The number of aromatic nitrogens is 2. The highest BCUT2D eigenvalue weighted by atomic mass is 32.2. The Morgan fingerprint density at radius 2 is 1.71 bits per heavy atom. The fourth-order valence-electron chi connectivity index (χ4n) is 3.77. The van der Waals surface area contributed by atoms with E-state index in [2.05, 4.69) is 5.10 Å². The number of nitrogens with zero attached hydrogens (tertiary/aromatic N) is 2. The van der Waals surface area contributed by atoms with Crippen LogP contribution in [0.15, 0.2) is 69.2 Å². The van der Waals surface area contributed by atoms with E-state index in [4.69, 9.17) is 9.47 Å². The molecule has 1 aliphatic heterocycles. The lowest BCUT2D eigenvalue weighted by atomic mass is 9.77.